The number of hydrogen-bond acceptors (Lipinski definition) is 5. The first kappa shape index (κ1) is 23.6. The lowest BCUT2D eigenvalue weighted by atomic mass is 10.0. The van der Waals surface area contributed by atoms with Crippen molar-refractivity contribution in [2.75, 3.05) is 16.3 Å². The van der Waals surface area contributed by atoms with Crippen LogP contribution in [0.15, 0.2) is 72.8 Å². The Morgan fingerprint density at radius 1 is 0.842 bits per heavy atom. The molecule has 0 aromatic heterocycles. The third kappa shape index (κ3) is 3.75. The van der Waals surface area contributed by atoms with E-state index in [9.17, 15) is 24.4 Å². The minimum atomic E-state index is -0.486. The first-order valence-corrected chi connectivity index (χ1v) is 12.6. The molecule has 1 saturated carbocycles. The monoisotopic (exact) mass is 504 g/mol. The normalized spacial score (nSPS) is 20.1. The van der Waals surface area contributed by atoms with Crippen LogP contribution in [-0.4, -0.2) is 41.1 Å². The first-order chi connectivity index (χ1) is 18.5. The molecule has 0 N–H and O–H groups in total. The van der Waals surface area contributed by atoms with Crippen molar-refractivity contribution in [1.29, 1.82) is 5.26 Å². The van der Waals surface area contributed by atoms with Crippen LogP contribution in [0.1, 0.15) is 51.1 Å². The van der Waals surface area contributed by atoms with E-state index in [0.717, 1.165) is 16.9 Å². The maximum atomic E-state index is 13.9. The van der Waals surface area contributed by atoms with E-state index >= 15 is 0 Å². The Kier molecular flexibility index (Phi) is 5.76. The Bertz CT molecular complexity index is 1510. The van der Waals surface area contributed by atoms with Crippen molar-refractivity contribution >= 4 is 35.0 Å². The summed E-state index contributed by atoms with van der Waals surface area (Å²) in [5, 5.41) is 9.33. The average molecular weight is 505 g/mol. The van der Waals surface area contributed by atoms with Crippen LogP contribution in [0.2, 0.25) is 0 Å². The molecule has 3 aromatic carbocycles. The third-order valence-electron chi connectivity index (χ3n) is 7.66. The lowest BCUT2D eigenvalue weighted by Crippen LogP contribution is -2.49. The summed E-state index contributed by atoms with van der Waals surface area (Å²) in [6.07, 6.45) is 2.08. The number of carbonyl (C=O) groups is 4. The van der Waals surface area contributed by atoms with E-state index < -0.39 is 30.2 Å². The molecule has 0 unspecified atom stereocenters. The van der Waals surface area contributed by atoms with Crippen molar-refractivity contribution in [2.45, 2.75) is 31.8 Å². The molecule has 2 heterocycles. The fourth-order valence-electron chi connectivity index (χ4n) is 5.93. The molecule has 0 saturated heterocycles. The maximum absolute atomic E-state index is 13.9. The van der Waals surface area contributed by atoms with Crippen molar-refractivity contribution < 1.29 is 19.2 Å². The Labute approximate surface area is 219 Å². The van der Waals surface area contributed by atoms with Gasteiger partial charge in [-0.3, -0.25) is 24.1 Å². The lowest BCUT2D eigenvalue weighted by Gasteiger charge is -2.31. The van der Waals surface area contributed by atoms with Gasteiger partial charge < -0.3 is 9.80 Å². The van der Waals surface area contributed by atoms with Crippen LogP contribution < -0.4 is 9.80 Å². The molecule has 1 aliphatic carbocycles. The van der Waals surface area contributed by atoms with Gasteiger partial charge in [0.15, 0.2) is 0 Å². The highest BCUT2D eigenvalue weighted by Crippen LogP contribution is 2.43. The highest BCUT2D eigenvalue weighted by atomic mass is 16.2. The van der Waals surface area contributed by atoms with E-state index in [1.807, 2.05) is 30.3 Å². The molecule has 8 heteroatoms. The van der Waals surface area contributed by atoms with Gasteiger partial charge in [0.2, 0.25) is 11.8 Å². The van der Waals surface area contributed by atoms with Gasteiger partial charge in [-0.2, -0.15) is 5.26 Å². The maximum Gasteiger partial charge on any atom is 0.262 e. The van der Waals surface area contributed by atoms with Crippen LogP contribution in [0.25, 0.3) is 0 Å². The molecule has 1 fully saturated rings. The fraction of sp³-hybridized carbons (Fsp3) is 0.233. The standard InChI is InChI=1S/C30H24N4O4/c31-16-19-7-5-8-20(15-19)17-32-25-12-3-4-13-26(25)34(24-14-6-11-23(24)30(32)38)27(35)18-33-28(36)21-9-1-2-10-22(21)29(33)37/h1-5,7-10,12-13,15,23-24H,6,11,14,17-18H2/t23-,24+/m0/s1. The van der Waals surface area contributed by atoms with Crippen LogP contribution in [-0.2, 0) is 16.1 Å². The van der Waals surface area contributed by atoms with Gasteiger partial charge in [0.25, 0.3) is 11.8 Å². The van der Waals surface area contributed by atoms with Crippen LogP contribution in [0.5, 0.6) is 0 Å². The van der Waals surface area contributed by atoms with Gasteiger partial charge in [0.1, 0.15) is 6.54 Å². The number of amides is 4. The highest BCUT2D eigenvalue weighted by molar-refractivity contribution is 6.23. The Morgan fingerprint density at radius 3 is 2.24 bits per heavy atom. The summed E-state index contributed by atoms with van der Waals surface area (Å²) in [7, 11) is 0. The van der Waals surface area contributed by atoms with Gasteiger partial charge in [-0.25, -0.2) is 0 Å². The topological polar surface area (TPSA) is 102 Å². The summed E-state index contributed by atoms with van der Waals surface area (Å²) in [6, 6.07) is 22.7. The number of anilines is 2. The minimum Gasteiger partial charge on any atom is -0.306 e. The number of benzene rings is 3. The van der Waals surface area contributed by atoms with Crippen LogP contribution >= 0.6 is 0 Å². The molecule has 188 valence electrons. The van der Waals surface area contributed by atoms with Crippen molar-refractivity contribution in [3.8, 4) is 6.07 Å². The number of rotatable bonds is 4. The van der Waals surface area contributed by atoms with Crippen LogP contribution in [0.4, 0.5) is 11.4 Å². The van der Waals surface area contributed by atoms with Crippen molar-refractivity contribution in [3.63, 3.8) is 0 Å². The van der Waals surface area contributed by atoms with E-state index in [4.69, 9.17) is 0 Å². The van der Waals surface area contributed by atoms with Gasteiger partial charge >= 0.3 is 0 Å². The molecule has 0 spiro atoms. The summed E-state index contributed by atoms with van der Waals surface area (Å²) in [6.45, 7) is -0.142. The summed E-state index contributed by atoms with van der Waals surface area (Å²) < 4.78 is 0. The quantitative estimate of drug-likeness (QED) is 0.502. The summed E-state index contributed by atoms with van der Waals surface area (Å²) in [5.74, 6) is -1.85. The molecule has 2 atom stereocenters. The smallest absolute Gasteiger partial charge is 0.262 e. The van der Waals surface area contributed by atoms with E-state index in [2.05, 4.69) is 6.07 Å². The zero-order valence-electron chi connectivity index (χ0n) is 20.5. The van der Waals surface area contributed by atoms with Crippen LogP contribution in [0.3, 0.4) is 0 Å². The fourth-order valence-corrected chi connectivity index (χ4v) is 5.93. The summed E-state index contributed by atoms with van der Waals surface area (Å²) >= 11 is 0. The second kappa shape index (κ2) is 9.27. The highest BCUT2D eigenvalue weighted by Gasteiger charge is 2.46. The average Bonchev–Trinajstić information content (AvgIpc) is 3.49. The number of imide groups is 1. The zero-order valence-corrected chi connectivity index (χ0v) is 20.5. The number of hydrogen-bond donors (Lipinski definition) is 0. The number of fused-ring (bicyclic) bond motifs is 3. The molecule has 0 bridgehead atoms. The molecule has 4 amide bonds. The second-order valence-electron chi connectivity index (χ2n) is 9.84. The summed E-state index contributed by atoms with van der Waals surface area (Å²) in [4.78, 5) is 58.1. The van der Waals surface area contributed by atoms with Crippen molar-refractivity contribution in [2.24, 2.45) is 5.92 Å². The van der Waals surface area contributed by atoms with E-state index in [1.165, 1.54) is 0 Å². The SMILES string of the molecule is N#Cc1cccc(CN2C(=O)[C@H]3CCC[C@H]3N(C(=O)CN3C(=O)c4ccccc4C3=O)c3ccccc32)c1. The number of para-hydroxylation sites is 2. The first-order valence-electron chi connectivity index (χ1n) is 12.6. The number of carbonyl (C=O) groups excluding carboxylic acids is 4. The molecule has 6 rings (SSSR count). The van der Waals surface area contributed by atoms with Crippen molar-refractivity contribution in [3.05, 3.63) is 95.1 Å². The van der Waals surface area contributed by atoms with E-state index in [-0.39, 0.29) is 18.5 Å². The van der Waals surface area contributed by atoms with Crippen molar-refractivity contribution in [1.82, 2.24) is 4.90 Å². The second-order valence-corrected chi connectivity index (χ2v) is 9.84. The Morgan fingerprint density at radius 2 is 1.53 bits per heavy atom. The molecular formula is C30H24N4O4. The molecular weight excluding hydrogens is 480 g/mol. The lowest BCUT2D eigenvalue weighted by molar-refractivity contribution is -0.123. The largest absolute Gasteiger partial charge is 0.306 e. The molecule has 3 aromatic rings. The van der Waals surface area contributed by atoms with E-state index in [0.29, 0.717) is 40.9 Å². The van der Waals surface area contributed by atoms with Gasteiger partial charge in [-0.1, -0.05) is 42.8 Å². The molecule has 0 radical (unpaired) electrons. The summed E-state index contributed by atoms with van der Waals surface area (Å²) in [5.41, 5.74) is 3.07. The third-order valence-corrected chi connectivity index (χ3v) is 7.66. The van der Waals surface area contributed by atoms with Crippen LogP contribution in [0, 0.1) is 17.2 Å². The van der Waals surface area contributed by atoms with Gasteiger partial charge in [0.05, 0.1) is 46.6 Å². The molecule has 38 heavy (non-hydrogen) atoms. The number of nitriles is 1. The predicted molar refractivity (Wildman–Crippen MR) is 139 cm³/mol. The number of nitrogens with zero attached hydrogens (tertiary/aromatic N) is 4. The molecule has 3 aliphatic rings. The Hall–Kier alpha value is -4.77. The van der Waals surface area contributed by atoms with Gasteiger partial charge in [-0.15, -0.1) is 0 Å². The van der Waals surface area contributed by atoms with E-state index in [1.54, 1.807) is 52.3 Å². The van der Waals surface area contributed by atoms with Gasteiger partial charge in [0, 0.05) is 6.04 Å². The van der Waals surface area contributed by atoms with Gasteiger partial charge in [-0.05, 0) is 54.8 Å². The molecule has 8 nitrogen and oxygen atoms in total. The Balaban J connectivity index is 1.37. The predicted octanol–water partition coefficient (Wildman–Crippen LogP) is 3.90. The minimum absolute atomic E-state index is 0.0710. The molecule has 2 aliphatic heterocycles. The zero-order chi connectivity index (χ0) is 26.4.